The van der Waals surface area contributed by atoms with E-state index in [-0.39, 0.29) is 17.7 Å². The van der Waals surface area contributed by atoms with Crippen LogP contribution in [0.1, 0.15) is 33.6 Å². The molecule has 8 nitrogen and oxygen atoms in total. The van der Waals surface area contributed by atoms with Gasteiger partial charge in [0.1, 0.15) is 12.1 Å². The van der Waals surface area contributed by atoms with Crippen molar-refractivity contribution in [2.24, 2.45) is 17.3 Å². The van der Waals surface area contributed by atoms with Gasteiger partial charge in [-0.2, -0.15) is 0 Å². The van der Waals surface area contributed by atoms with Crippen molar-refractivity contribution in [1.29, 1.82) is 0 Å². The maximum Gasteiger partial charge on any atom is 0.407 e. The zero-order valence-electron chi connectivity index (χ0n) is 15.3. The van der Waals surface area contributed by atoms with Crippen LogP contribution in [-0.2, 0) is 19.1 Å². The normalized spacial score (nSPS) is 27.8. The molecule has 2 N–H and O–H groups in total. The van der Waals surface area contributed by atoms with Gasteiger partial charge in [0.2, 0.25) is 5.91 Å². The second-order valence-corrected chi connectivity index (χ2v) is 7.90. The van der Waals surface area contributed by atoms with Gasteiger partial charge in [-0.25, -0.2) is 9.59 Å². The number of rotatable bonds is 4. The number of carbonyl (C=O) groups is 3. The maximum absolute atomic E-state index is 13.1. The van der Waals surface area contributed by atoms with Gasteiger partial charge >= 0.3 is 12.1 Å². The lowest BCUT2D eigenvalue weighted by Gasteiger charge is -2.34. The number of carbonyl (C=O) groups excluding carboxylic acids is 2. The molecule has 0 aromatic carbocycles. The molecule has 0 spiro atoms. The first-order valence-corrected chi connectivity index (χ1v) is 8.60. The Labute approximate surface area is 147 Å². The molecule has 2 aliphatic heterocycles. The summed E-state index contributed by atoms with van der Waals surface area (Å²) in [5, 5.41) is 12.1. The molecule has 0 radical (unpaired) electrons. The summed E-state index contributed by atoms with van der Waals surface area (Å²) in [4.78, 5) is 37.8. The lowest BCUT2D eigenvalue weighted by atomic mass is 9.85. The Morgan fingerprint density at radius 1 is 1.28 bits per heavy atom. The summed E-state index contributed by atoms with van der Waals surface area (Å²) in [6.07, 6.45) is 0.604. The zero-order valence-corrected chi connectivity index (χ0v) is 15.3. The molecule has 2 heterocycles. The molecule has 2 amide bonds. The fourth-order valence-electron chi connectivity index (χ4n) is 3.60. The maximum atomic E-state index is 13.1. The smallest absolute Gasteiger partial charge is 0.407 e. The minimum atomic E-state index is -1.01. The lowest BCUT2D eigenvalue weighted by Crippen LogP contribution is -2.56. The number of hydrogen-bond acceptors (Lipinski definition) is 5. The molecule has 4 atom stereocenters. The van der Waals surface area contributed by atoms with E-state index in [1.807, 2.05) is 20.8 Å². The first-order chi connectivity index (χ1) is 11.6. The number of aliphatic carboxylic acids is 1. The SMILES string of the molecule is COC(=O)N[C@H](C(=O)N1CC([C@H]2CCOC2)CC1C(=O)O)C(C)(C)C. The van der Waals surface area contributed by atoms with Crippen LogP contribution in [0.4, 0.5) is 4.79 Å². The van der Waals surface area contributed by atoms with Crippen LogP contribution in [0.25, 0.3) is 0 Å². The van der Waals surface area contributed by atoms with Gasteiger partial charge in [0.15, 0.2) is 0 Å². The Bertz CT molecular complexity index is 524. The summed E-state index contributed by atoms with van der Waals surface area (Å²) in [6.45, 7) is 7.13. The number of amides is 2. The van der Waals surface area contributed by atoms with Gasteiger partial charge in [-0.1, -0.05) is 20.8 Å². The molecule has 8 heteroatoms. The van der Waals surface area contributed by atoms with E-state index in [4.69, 9.17) is 4.74 Å². The van der Waals surface area contributed by atoms with Crippen molar-refractivity contribution < 1.29 is 29.0 Å². The van der Waals surface area contributed by atoms with Gasteiger partial charge in [-0.05, 0) is 30.1 Å². The van der Waals surface area contributed by atoms with Crippen LogP contribution in [0.15, 0.2) is 0 Å². The van der Waals surface area contributed by atoms with Crippen molar-refractivity contribution >= 4 is 18.0 Å². The number of likely N-dealkylation sites (tertiary alicyclic amines) is 1. The van der Waals surface area contributed by atoms with Gasteiger partial charge in [-0.15, -0.1) is 0 Å². The fourth-order valence-corrected chi connectivity index (χ4v) is 3.60. The summed E-state index contributed by atoms with van der Waals surface area (Å²) in [7, 11) is 1.23. The molecule has 2 unspecified atom stereocenters. The van der Waals surface area contributed by atoms with Crippen LogP contribution >= 0.6 is 0 Å². The number of ether oxygens (including phenoxy) is 2. The van der Waals surface area contributed by atoms with E-state index in [1.54, 1.807) is 0 Å². The minimum absolute atomic E-state index is 0.103. The van der Waals surface area contributed by atoms with Crippen LogP contribution in [0.3, 0.4) is 0 Å². The molecule has 0 saturated carbocycles. The van der Waals surface area contributed by atoms with Crippen LogP contribution in [0.5, 0.6) is 0 Å². The number of carboxylic acids is 1. The molecule has 0 bridgehead atoms. The summed E-state index contributed by atoms with van der Waals surface area (Å²) < 4.78 is 10.0. The largest absolute Gasteiger partial charge is 0.480 e. The Hall–Kier alpha value is -1.83. The highest BCUT2D eigenvalue weighted by atomic mass is 16.5. The molecular formula is C17H28N2O6. The molecule has 2 fully saturated rings. The van der Waals surface area contributed by atoms with E-state index in [0.29, 0.717) is 26.2 Å². The molecule has 2 saturated heterocycles. The van der Waals surface area contributed by atoms with Crippen molar-refractivity contribution in [1.82, 2.24) is 10.2 Å². The lowest BCUT2D eigenvalue weighted by molar-refractivity contribution is -0.150. The number of alkyl carbamates (subject to hydrolysis) is 1. The number of methoxy groups -OCH3 is 1. The Kier molecular flexibility index (Phi) is 5.92. The van der Waals surface area contributed by atoms with Crippen molar-refractivity contribution in [3.05, 3.63) is 0 Å². The third-order valence-electron chi connectivity index (χ3n) is 5.09. The highest BCUT2D eigenvalue weighted by molar-refractivity contribution is 5.90. The molecule has 25 heavy (non-hydrogen) atoms. The van der Waals surface area contributed by atoms with Crippen molar-refractivity contribution in [2.75, 3.05) is 26.9 Å². The number of nitrogens with one attached hydrogen (secondary N) is 1. The average Bonchev–Trinajstić information content (AvgIpc) is 3.18. The van der Waals surface area contributed by atoms with E-state index in [2.05, 4.69) is 10.1 Å². The minimum Gasteiger partial charge on any atom is -0.480 e. The van der Waals surface area contributed by atoms with Crippen molar-refractivity contribution in [2.45, 2.75) is 45.7 Å². The second-order valence-electron chi connectivity index (χ2n) is 7.90. The van der Waals surface area contributed by atoms with Gasteiger partial charge in [0, 0.05) is 19.8 Å². The monoisotopic (exact) mass is 356 g/mol. The number of nitrogens with zero attached hydrogens (tertiary/aromatic N) is 1. The third-order valence-corrected chi connectivity index (χ3v) is 5.09. The van der Waals surface area contributed by atoms with Gasteiger partial charge in [0.05, 0.1) is 7.11 Å². The molecule has 142 valence electrons. The van der Waals surface area contributed by atoms with Gasteiger partial charge in [0.25, 0.3) is 0 Å². The van der Waals surface area contributed by atoms with Crippen molar-refractivity contribution in [3.8, 4) is 0 Å². The predicted octanol–water partition coefficient (Wildman–Crippen LogP) is 1.10. The molecule has 0 aromatic rings. The summed E-state index contributed by atoms with van der Waals surface area (Å²) in [5.74, 6) is -1.01. The first kappa shape index (κ1) is 19.5. The highest BCUT2D eigenvalue weighted by Crippen LogP contribution is 2.35. The van der Waals surface area contributed by atoms with Crippen LogP contribution in [-0.4, -0.2) is 66.9 Å². The average molecular weight is 356 g/mol. The van der Waals surface area contributed by atoms with Gasteiger partial charge in [-0.3, -0.25) is 4.79 Å². The Balaban J connectivity index is 2.20. The Morgan fingerprint density at radius 2 is 1.96 bits per heavy atom. The van der Waals surface area contributed by atoms with E-state index < -0.39 is 29.6 Å². The van der Waals surface area contributed by atoms with E-state index >= 15 is 0 Å². The molecule has 0 aliphatic carbocycles. The van der Waals surface area contributed by atoms with E-state index in [1.165, 1.54) is 12.0 Å². The molecular weight excluding hydrogens is 328 g/mol. The van der Waals surface area contributed by atoms with E-state index in [9.17, 15) is 19.5 Å². The van der Waals surface area contributed by atoms with E-state index in [0.717, 1.165) is 6.42 Å². The number of hydrogen-bond donors (Lipinski definition) is 2. The summed E-state index contributed by atoms with van der Waals surface area (Å²) >= 11 is 0. The van der Waals surface area contributed by atoms with Crippen molar-refractivity contribution in [3.63, 3.8) is 0 Å². The third kappa shape index (κ3) is 4.42. The fraction of sp³-hybridized carbons (Fsp3) is 0.824. The zero-order chi connectivity index (χ0) is 18.8. The summed E-state index contributed by atoms with van der Waals surface area (Å²) in [6, 6.07) is -1.73. The number of carboxylic acid groups (broad SMARTS) is 1. The van der Waals surface area contributed by atoms with Gasteiger partial charge < -0.3 is 24.8 Å². The summed E-state index contributed by atoms with van der Waals surface area (Å²) in [5.41, 5.74) is -0.580. The predicted molar refractivity (Wildman–Crippen MR) is 89.0 cm³/mol. The first-order valence-electron chi connectivity index (χ1n) is 8.60. The molecule has 2 aliphatic rings. The Morgan fingerprint density at radius 3 is 2.44 bits per heavy atom. The van der Waals surface area contributed by atoms with Crippen LogP contribution in [0, 0.1) is 17.3 Å². The van der Waals surface area contributed by atoms with Crippen LogP contribution < -0.4 is 5.32 Å². The highest BCUT2D eigenvalue weighted by Gasteiger charge is 2.47. The second kappa shape index (κ2) is 7.59. The molecule has 2 rings (SSSR count). The standard InChI is InChI=1S/C17H28N2O6/c1-17(2,3)13(18-16(23)24-4)14(20)19-8-11(7-12(19)15(21)22)10-5-6-25-9-10/h10-13H,5-9H2,1-4H3,(H,18,23)(H,21,22)/t10-,11?,12?,13+/m0/s1. The molecule has 0 aromatic heterocycles. The van der Waals surface area contributed by atoms with Crippen LogP contribution in [0.2, 0.25) is 0 Å². The topological polar surface area (TPSA) is 105 Å². The quantitative estimate of drug-likeness (QED) is 0.781.